The Hall–Kier alpha value is -1.45. The Morgan fingerprint density at radius 1 is 1.46 bits per heavy atom. The second-order valence-electron chi connectivity index (χ2n) is 3.19. The number of aryl methyl sites for hydroxylation is 1. The van der Waals surface area contributed by atoms with Crippen LogP contribution < -0.4 is 0 Å². The molecule has 0 aromatic carbocycles. The van der Waals surface area contributed by atoms with Crippen molar-refractivity contribution in [1.29, 1.82) is 0 Å². The highest BCUT2D eigenvalue weighted by Gasteiger charge is 2.22. The third kappa shape index (κ3) is 1.52. The number of likely N-dealkylation sites (tertiary alicyclic amines) is 1. The fraction of sp³-hybridized carbons (Fsp3) is 0.444. The monoisotopic (exact) mass is 177 g/mol. The largest absolute Gasteiger partial charge is 0.337 e. The molecule has 2 rings (SSSR count). The number of amides is 1. The van der Waals surface area contributed by atoms with Crippen LogP contribution in [0.15, 0.2) is 12.4 Å². The van der Waals surface area contributed by atoms with E-state index in [0.29, 0.717) is 5.69 Å². The van der Waals surface area contributed by atoms with Crippen LogP contribution in [-0.2, 0) is 0 Å². The molecule has 1 aromatic rings. The number of carbonyl (C=O) groups excluding carboxylic acids is 1. The summed E-state index contributed by atoms with van der Waals surface area (Å²) in [5.41, 5.74) is 1.34. The maximum atomic E-state index is 11.6. The van der Waals surface area contributed by atoms with Gasteiger partial charge in [0.15, 0.2) is 0 Å². The number of aromatic nitrogens is 2. The van der Waals surface area contributed by atoms with Gasteiger partial charge in [-0.3, -0.25) is 4.79 Å². The quantitative estimate of drug-likeness (QED) is 0.632. The molecule has 0 spiro atoms. The molecular formula is C9H11N3O. The Labute approximate surface area is 76.6 Å². The molecule has 0 atom stereocenters. The van der Waals surface area contributed by atoms with Crippen molar-refractivity contribution < 1.29 is 4.79 Å². The summed E-state index contributed by atoms with van der Waals surface area (Å²) < 4.78 is 0. The van der Waals surface area contributed by atoms with Crippen molar-refractivity contribution in [1.82, 2.24) is 14.9 Å². The molecule has 1 fully saturated rings. The first kappa shape index (κ1) is 8.16. The molecule has 0 bridgehead atoms. The molecule has 0 unspecified atom stereocenters. The molecule has 1 amide bonds. The smallest absolute Gasteiger partial charge is 0.272 e. The van der Waals surface area contributed by atoms with Crippen molar-refractivity contribution in [3.05, 3.63) is 23.8 Å². The zero-order chi connectivity index (χ0) is 9.26. The summed E-state index contributed by atoms with van der Waals surface area (Å²) in [5, 5.41) is 0. The van der Waals surface area contributed by atoms with Gasteiger partial charge in [0.25, 0.3) is 5.91 Å². The van der Waals surface area contributed by atoms with Gasteiger partial charge in [-0.05, 0) is 19.4 Å². The van der Waals surface area contributed by atoms with E-state index in [1.165, 1.54) is 6.33 Å². The molecule has 1 aliphatic rings. The normalized spacial score (nSPS) is 15.3. The van der Waals surface area contributed by atoms with Gasteiger partial charge in [0.2, 0.25) is 0 Å². The van der Waals surface area contributed by atoms with E-state index < -0.39 is 0 Å². The molecule has 4 nitrogen and oxygen atoms in total. The van der Waals surface area contributed by atoms with Crippen LogP contribution in [0.1, 0.15) is 22.6 Å². The second-order valence-corrected chi connectivity index (χ2v) is 3.19. The van der Waals surface area contributed by atoms with Crippen molar-refractivity contribution in [3.63, 3.8) is 0 Å². The minimum Gasteiger partial charge on any atom is -0.337 e. The Morgan fingerprint density at radius 2 is 2.23 bits per heavy atom. The maximum absolute atomic E-state index is 11.6. The Balaban J connectivity index is 2.19. The van der Waals surface area contributed by atoms with Crippen LogP contribution in [-0.4, -0.2) is 33.9 Å². The molecule has 0 aliphatic carbocycles. The van der Waals surface area contributed by atoms with Crippen molar-refractivity contribution in [2.24, 2.45) is 0 Å². The van der Waals surface area contributed by atoms with Crippen molar-refractivity contribution in [2.45, 2.75) is 13.3 Å². The minimum absolute atomic E-state index is 0.0248. The van der Waals surface area contributed by atoms with Crippen LogP contribution >= 0.6 is 0 Å². The molecule has 1 aromatic heterocycles. The Kier molecular flexibility index (Phi) is 1.96. The third-order valence-corrected chi connectivity index (χ3v) is 2.17. The standard InChI is InChI=1S/C9H11N3O/c1-7-5-8(11-6-10-7)9(13)12-3-2-4-12/h5-6H,2-4H2,1H3. The fourth-order valence-electron chi connectivity index (χ4n) is 1.25. The third-order valence-electron chi connectivity index (χ3n) is 2.17. The Morgan fingerprint density at radius 3 is 2.77 bits per heavy atom. The number of carbonyl (C=O) groups is 1. The van der Waals surface area contributed by atoms with Crippen molar-refractivity contribution in [3.8, 4) is 0 Å². The summed E-state index contributed by atoms with van der Waals surface area (Å²) in [6.07, 6.45) is 2.54. The van der Waals surface area contributed by atoms with Crippen LogP contribution in [0.4, 0.5) is 0 Å². The lowest BCUT2D eigenvalue weighted by molar-refractivity contribution is 0.0645. The summed E-state index contributed by atoms with van der Waals surface area (Å²) in [6.45, 7) is 3.58. The first-order valence-corrected chi connectivity index (χ1v) is 4.35. The summed E-state index contributed by atoms with van der Waals surface area (Å²) in [7, 11) is 0. The lowest BCUT2D eigenvalue weighted by Gasteiger charge is -2.30. The summed E-state index contributed by atoms with van der Waals surface area (Å²) >= 11 is 0. The second kappa shape index (κ2) is 3.12. The summed E-state index contributed by atoms with van der Waals surface area (Å²) in [6, 6.07) is 1.72. The van der Waals surface area contributed by atoms with Gasteiger partial charge in [0.05, 0.1) is 0 Å². The average molecular weight is 177 g/mol. The van der Waals surface area contributed by atoms with E-state index in [2.05, 4.69) is 9.97 Å². The molecule has 1 saturated heterocycles. The van der Waals surface area contributed by atoms with Gasteiger partial charge in [-0.1, -0.05) is 0 Å². The molecule has 4 heteroatoms. The van der Waals surface area contributed by atoms with E-state index in [-0.39, 0.29) is 5.91 Å². The molecule has 0 radical (unpaired) electrons. The van der Waals surface area contributed by atoms with Crippen molar-refractivity contribution >= 4 is 5.91 Å². The first-order valence-electron chi connectivity index (χ1n) is 4.35. The van der Waals surface area contributed by atoms with Gasteiger partial charge in [0.1, 0.15) is 12.0 Å². The molecule has 0 saturated carbocycles. The zero-order valence-electron chi connectivity index (χ0n) is 7.53. The lowest BCUT2D eigenvalue weighted by atomic mass is 10.2. The molecular weight excluding hydrogens is 166 g/mol. The van der Waals surface area contributed by atoms with Gasteiger partial charge in [-0.25, -0.2) is 9.97 Å². The van der Waals surface area contributed by atoms with Crippen LogP contribution in [0.25, 0.3) is 0 Å². The molecule has 0 N–H and O–H groups in total. The van der Waals surface area contributed by atoms with E-state index >= 15 is 0 Å². The van der Waals surface area contributed by atoms with Gasteiger partial charge in [-0.15, -0.1) is 0 Å². The van der Waals surface area contributed by atoms with Crippen LogP contribution in [0.2, 0.25) is 0 Å². The van der Waals surface area contributed by atoms with E-state index in [1.54, 1.807) is 11.0 Å². The highest BCUT2D eigenvalue weighted by Crippen LogP contribution is 2.10. The van der Waals surface area contributed by atoms with E-state index in [4.69, 9.17) is 0 Å². The predicted molar refractivity (Wildman–Crippen MR) is 47.3 cm³/mol. The summed E-state index contributed by atoms with van der Waals surface area (Å²) in [4.78, 5) is 21.3. The first-order chi connectivity index (χ1) is 6.27. The van der Waals surface area contributed by atoms with Crippen LogP contribution in [0.3, 0.4) is 0 Å². The molecule has 68 valence electrons. The molecule has 2 heterocycles. The van der Waals surface area contributed by atoms with Gasteiger partial charge < -0.3 is 4.90 Å². The Bertz CT molecular complexity index is 333. The van der Waals surface area contributed by atoms with Gasteiger partial charge >= 0.3 is 0 Å². The minimum atomic E-state index is 0.0248. The fourth-order valence-corrected chi connectivity index (χ4v) is 1.25. The van der Waals surface area contributed by atoms with Gasteiger partial charge in [-0.2, -0.15) is 0 Å². The summed E-state index contributed by atoms with van der Waals surface area (Å²) in [5.74, 6) is 0.0248. The van der Waals surface area contributed by atoms with Crippen LogP contribution in [0.5, 0.6) is 0 Å². The van der Waals surface area contributed by atoms with Gasteiger partial charge in [0, 0.05) is 18.8 Å². The number of rotatable bonds is 1. The lowest BCUT2D eigenvalue weighted by Crippen LogP contribution is -2.42. The van der Waals surface area contributed by atoms with E-state index in [9.17, 15) is 4.79 Å². The maximum Gasteiger partial charge on any atom is 0.272 e. The number of nitrogens with zero attached hydrogens (tertiary/aromatic N) is 3. The highest BCUT2D eigenvalue weighted by molar-refractivity contribution is 5.92. The van der Waals surface area contributed by atoms with Crippen molar-refractivity contribution in [2.75, 3.05) is 13.1 Å². The molecule has 1 aliphatic heterocycles. The number of hydrogen-bond acceptors (Lipinski definition) is 3. The predicted octanol–water partition coefficient (Wildman–Crippen LogP) is 0.631. The molecule has 13 heavy (non-hydrogen) atoms. The van der Waals surface area contributed by atoms with E-state index in [1.807, 2.05) is 6.92 Å². The average Bonchev–Trinajstić information content (AvgIpc) is 2.01. The van der Waals surface area contributed by atoms with Crippen LogP contribution in [0, 0.1) is 6.92 Å². The topological polar surface area (TPSA) is 46.1 Å². The van der Waals surface area contributed by atoms with E-state index in [0.717, 1.165) is 25.2 Å². The highest BCUT2D eigenvalue weighted by atomic mass is 16.2. The SMILES string of the molecule is Cc1cc(C(=O)N2CCC2)ncn1. The number of hydrogen-bond donors (Lipinski definition) is 0. The zero-order valence-corrected chi connectivity index (χ0v) is 7.53.